The highest BCUT2D eigenvalue weighted by Crippen LogP contribution is 2.06. The molecule has 0 bridgehead atoms. The highest BCUT2D eigenvalue weighted by Gasteiger charge is 2.19. The third-order valence-electron chi connectivity index (χ3n) is 1.07. The van der Waals surface area contributed by atoms with Gasteiger partial charge in [-0.25, -0.2) is 0 Å². The number of methoxy groups -OCH3 is 1. The van der Waals surface area contributed by atoms with Crippen molar-refractivity contribution >= 4 is 0 Å². The van der Waals surface area contributed by atoms with Crippen LogP contribution < -0.4 is 0 Å². The maximum absolute atomic E-state index is 9.24. The van der Waals surface area contributed by atoms with Crippen LogP contribution in [0.4, 0.5) is 0 Å². The first-order chi connectivity index (χ1) is 5.12. The summed E-state index contributed by atoms with van der Waals surface area (Å²) in [7, 11) is 1.57. The van der Waals surface area contributed by atoms with Gasteiger partial charge >= 0.3 is 0 Å². The quantitative estimate of drug-likeness (QED) is 0.454. The van der Waals surface area contributed by atoms with E-state index < -0.39 is 5.97 Å². The lowest BCUT2D eigenvalue weighted by Gasteiger charge is -2.22. The Morgan fingerprint density at radius 2 is 1.91 bits per heavy atom. The van der Waals surface area contributed by atoms with E-state index in [2.05, 4.69) is 0 Å². The lowest BCUT2D eigenvalue weighted by molar-refractivity contribution is -0.348. The summed E-state index contributed by atoms with van der Waals surface area (Å²) >= 11 is 0. The average Bonchev–Trinajstić information content (AvgIpc) is 1.87. The van der Waals surface area contributed by atoms with E-state index in [0.717, 1.165) is 0 Å². The van der Waals surface area contributed by atoms with Crippen molar-refractivity contribution in [2.45, 2.75) is 19.8 Å². The van der Waals surface area contributed by atoms with Crippen LogP contribution in [0.2, 0.25) is 0 Å². The molecular formula is C7H16O4. The second kappa shape index (κ2) is 5.49. The molecule has 0 aromatic heterocycles. The molecule has 11 heavy (non-hydrogen) atoms. The SMILES string of the molecule is CCOC(C)(O)OCCOC. The molecule has 0 aliphatic rings. The second-order valence-corrected chi connectivity index (χ2v) is 2.17. The van der Waals surface area contributed by atoms with Gasteiger partial charge in [0.05, 0.1) is 13.2 Å². The van der Waals surface area contributed by atoms with Gasteiger partial charge in [0.1, 0.15) is 0 Å². The first-order valence-corrected chi connectivity index (χ1v) is 3.61. The zero-order chi connectivity index (χ0) is 8.74. The Morgan fingerprint density at radius 1 is 1.27 bits per heavy atom. The smallest absolute Gasteiger partial charge is 0.277 e. The van der Waals surface area contributed by atoms with Crippen LogP contribution in [-0.4, -0.2) is 38.0 Å². The van der Waals surface area contributed by atoms with Crippen molar-refractivity contribution in [2.24, 2.45) is 0 Å². The molecule has 0 heterocycles. The van der Waals surface area contributed by atoms with Crippen molar-refractivity contribution in [3.05, 3.63) is 0 Å². The summed E-state index contributed by atoms with van der Waals surface area (Å²) < 4.78 is 14.5. The predicted octanol–water partition coefficient (Wildman–Crippen LogP) is 0.352. The molecule has 0 aliphatic carbocycles. The van der Waals surface area contributed by atoms with Gasteiger partial charge in [-0.1, -0.05) is 0 Å². The van der Waals surface area contributed by atoms with E-state index in [4.69, 9.17) is 14.2 Å². The lowest BCUT2D eigenvalue weighted by atomic mass is 10.6. The summed E-state index contributed by atoms with van der Waals surface area (Å²) in [5.41, 5.74) is 0. The molecule has 0 rings (SSSR count). The van der Waals surface area contributed by atoms with E-state index in [0.29, 0.717) is 19.8 Å². The fourth-order valence-electron chi connectivity index (χ4n) is 0.624. The van der Waals surface area contributed by atoms with E-state index in [-0.39, 0.29) is 0 Å². The Morgan fingerprint density at radius 3 is 2.36 bits per heavy atom. The Bertz CT molecular complexity index is 92.4. The van der Waals surface area contributed by atoms with Gasteiger partial charge in [0.2, 0.25) is 0 Å². The van der Waals surface area contributed by atoms with E-state index in [9.17, 15) is 5.11 Å². The van der Waals surface area contributed by atoms with Crippen LogP contribution >= 0.6 is 0 Å². The molecule has 0 saturated carbocycles. The molecule has 0 aromatic rings. The summed E-state index contributed by atoms with van der Waals surface area (Å²) in [6.45, 7) is 4.42. The van der Waals surface area contributed by atoms with Crippen molar-refractivity contribution in [1.82, 2.24) is 0 Å². The van der Waals surface area contributed by atoms with Crippen molar-refractivity contribution < 1.29 is 19.3 Å². The molecule has 0 spiro atoms. The van der Waals surface area contributed by atoms with Crippen LogP contribution in [0.1, 0.15) is 13.8 Å². The minimum absolute atomic E-state index is 0.323. The molecule has 0 saturated heterocycles. The fraction of sp³-hybridized carbons (Fsp3) is 1.00. The summed E-state index contributed by atoms with van der Waals surface area (Å²) in [4.78, 5) is 0. The first-order valence-electron chi connectivity index (χ1n) is 3.61. The molecular weight excluding hydrogens is 148 g/mol. The Hall–Kier alpha value is -0.160. The molecule has 4 nitrogen and oxygen atoms in total. The van der Waals surface area contributed by atoms with E-state index >= 15 is 0 Å². The molecule has 1 N–H and O–H groups in total. The summed E-state index contributed by atoms with van der Waals surface area (Å²) in [6, 6.07) is 0. The van der Waals surface area contributed by atoms with Gasteiger partial charge in [-0.05, 0) is 6.92 Å². The van der Waals surface area contributed by atoms with Gasteiger partial charge < -0.3 is 19.3 Å². The average molecular weight is 164 g/mol. The van der Waals surface area contributed by atoms with Gasteiger partial charge in [0.15, 0.2) is 0 Å². The van der Waals surface area contributed by atoms with Crippen molar-refractivity contribution in [3.8, 4) is 0 Å². The van der Waals surface area contributed by atoms with Crippen molar-refractivity contribution in [3.63, 3.8) is 0 Å². The Labute approximate surface area is 67.1 Å². The lowest BCUT2D eigenvalue weighted by Crippen LogP contribution is -2.33. The largest absolute Gasteiger partial charge is 0.382 e. The van der Waals surface area contributed by atoms with Gasteiger partial charge in [-0.2, -0.15) is 0 Å². The first kappa shape index (κ1) is 10.8. The number of rotatable bonds is 6. The van der Waals surface area contributed by atoms with Crippen LogP contribution in [0.25, 0.3) is 0 Å². The maximum atomic E-state index is 9.24. The van der Waals surface area contributed by atoms with E-state index in [1.807, 2.05) is 0 Å². The molecule has 0 aromatic carbocycles. The standard InChI is InChI=1S/C7H16O4/c1-4-10-7(2,8)11-6-5-9-3/h8H,4-6H2,1-3H3. The molecule has 0 fully saturated rings. The number of hydrogen-bond acceptors (Lipinski definition) is 4. The Balaban J connectivity index is 3.38. The van der Waals surface area contributed by atoms with Crippen LogP contribution in [-0.2, 0) is 14.2 Å². The van der Waals surface area contributed by atoms with Crippen molar-refractivity contribution in [1.29, 1.82) is 0 Å². The van der Waals surface area contributed by atoms with Crippen LogP contribution in [0.3, 0.4) is 0 Å². The maximum Gasteiger partial charge on any atom is 0.277 e. The highest BCUT2D eigenvalue weighted by atomic mass is 16.8. The molecule has 1 unspecified atom stereocenters. The van der Waals surface area contributed by atoms with Gasteiger partial charge in [0, 0.05) is 20.6 Å². The monoisotopic (exact) mass is 164 g/mol. The number of ether oxygens (including phenoxy) is 3. The zero-order valence-corrected chi connectivity index (χ0v) is 7.29. The zero-order valence-electron chi connectivity index (χ0n) is 7.29. The molecule has 0 aliphatic heterocycles. The second-order valence-electron chi connectivity index (χ2n) is 2.17. The molecule has 0 radical (unpaired) electrons. The van der Waals surface area contributed by atoms with Crippen LogP contribution in [0.5, 0.6) is 0 Å². The van der Waals surface area contributed by atoms with Gasteiger partial charge in [-0.3, -0.25) is 0 Å². The summed E-state index contributed by atoms with van der Waals surface area (Å²) in [5.74, 6) is -1.48. The minimum atomic E-state index is -1.48. The molecule has 4 heteroatoms. The van der Waals surface area contributed by atoms with E-state index in [1.54, 1.807) is 14.0 Å². The van der Waals surface area contributed by atoms with Crippen LogP contribution in [0, 0.1) is 0 Å². The molecule has 1 atom stereocenters. The topological polar surface area (TPSA) is 47.9 Å². The van der Waals surface area contributed by atoms with Crippen molar-refractivity contribution in [2.75, 3.05) is 26.9 Å². The van der Waals surface area contributed by atoms with E-state index in [1.165, 1.54) is 6.92 Å². The normalized spacial score (nSPS) is 16.4. The van der Waals surface area contributed by atoms with Gasteiger partial charge in [0.25, 0.3) is 5.97 Å². The van der Waals surface area contributed by atoms with Gasteiger partial charge in [-0.15, -0.1) is 0 Å². The number of aliphatic hydroxyl groups is 1. The minimum Gasteiger partial charge on any atom is -0.382 e. The third kappa shape index (κ3) is 6.25. The molecule has 68 valence electrons. The van der Waals surface area contributed by atoms with Crippen LogP contribution in [0.15, 0.2) is 0 Å². The molecule has 0 amide bonds. The third-order valence-corrected chi connectivity index (χ3v) is 1.07. The Kier molecular flexibility index (Phi) is 5.41. The predicted molar refractivity (Wildman–Crippen MR) is 40.1 cm³/mol. The summed E-state index contributed by atoms with van der Waals surface area (Å²) in [5, 5.41) is 9.24. The number of hydrogen-bond donors (Lipinski definition) is 1. The summed E-state index contributed by atoms with van der Waals surface area (Å²) in [6.07, 6.45) is 0. The fourth-order valence-corrected chi connectivity index (χ4v) is 0.624. The highest BCUT2D eigenvalue weighted by molar-refractivity contribution is 4.41.